The largest absolute Gasteiger partial charge is 0.387 e. The van der Waals surface area contributed by atoms with Gasteiger partial charge in [-0.15, -0.1) is 0 Å². The highest BCUT2D eigenvalue weighted by Gasteiger charge is 2.05. The Balaban J connectivity index is 2.72. The van der Waals surface area contributed by atoms with Gasteiger partial charge in [0.1, 0.15) is 0 Å². The molecule has 1 atom stereocenters. The van der Waals surface area contributed by atoms with E-state index < -0.39 is 6.10 Å². The second kappa shape index (κ2) is 4.98. The quantitative estimate of drug-likeness (QED) is 0.750. The average molecular weight is 194 g/mol. The van der Waals surface area contributed by atoms with Crippen LogP contribution in [-0.2, 0) is 0 Å². The third-order valence-electron chi connectivity index (χ3n) is 2.19. The summed E-state index contributed by atoms with van der Waals surface area (Å²) in [5.74, 6) is 0. The lowest BCUT2D eigenvalue weighted by molar-refractivity contribution is 0.178. The molecule has 78 valence electrons. The van der Waals surface area contributed by atoms with Crippen molar-refractivity contribution in [1.82, 2.24) is 5.32 Å². The molecule has 0 amide bonds. The number of aliphatic hydroxyl groups is 1. The van der Waals surface area contributed by atoms with Gasteiger partial charge in [-0.3, -0.25) is 0 Å². The van der Waals surface area contributed by atoms with Gasteiger partial charge in [-0.1, -0.05) is 12.1 Å². The molecule has 0 aliphatic rings. The Morgan fingerprint density at radius 1 is 1.29 bits per heavy atom. The molecule has 0 aromatic heterocycles. The molecule has 0 aliphatic carbocycles. The van der Waals surface area contributed by atoms with Crippen molar-refractivity contribution in [3.8, 4) is 0 Å². The normalized spacial score (nSPS) is 12.6. The van der Waals surface area contributed by atoms with E-state index in [9.17, 15) is 5.11 Å². The molecule has 0 spiro atoms. The van der Waals surface area contributed by atoms with Crippen molar-refractivity contribution in [3.63, 3.8) is 0 Å². The summed E-state index contributed by atoms with van der Waals surface area (Å²) in [6.07, 6.45) is -0.420. The second-order valence-corrected chi connectivity index (χ2v) is 3.56. The van der Waals surface area contributed by atoms with E-state index in [1.54, 1.807) is 0 Å². The molecular formula is C11H18N2O. The fourth-order valence-corrected chi connectivity index (χ4v) is 1.31. The summed E-state index contributed by atoms with van der Waals surface area (Å²) < 4.78 is 0. The summed E-state index contributed by atoms with van der Waals surface area (Å²) in [6.45, 7) is 0.585. The molecule has 3 nitrogen and oxygen atoms in total. The molecule has 0 saturated carbocycles. The van der Waals surface area contributed by atoms with Crippen LogP contribution in [0.1, 0.15) is 11.7 Å². The smallest absolute Gasteiger partial charge is 0.0914 e. The van der Waals surface area contributed by atoms with E-state index in [-0.39, 0.29) is 0 Å². The highest BCUT2D eigenvalue weighted by molar-refractivity contribution is 5.46. The van der Waals surface area contributed by atoms with Crippen LogP contribution in [0.15, 0.2) is 24.3 Å². The van der Waals surface area contributed by atoms with Crippen molar-refractivity contribution < 1.29 is 5.11 Å². The SMILES string of the molecule is CNCC(O)c1ccc(N(C)C)cc1. The fourth-order valence-electron chi connectivity index (χ4n) is 1.31. The molecule has 14 heavy (non-hydrogen) atoms. The monoisotopic (exact) mass is 194 g/mol. The summed E-state index contributed by atoms with van der Waals surface area (Å²) in [4.78, 5) is 2.04. The first-order chi connectivity index (χ1) is 6.65. The summed E-state index contributed by atoms with van der Waals surface area (Å²) in [5.41, 5.74) is 2.09. The number of hydrogen-bond acceptors (Lipinski definition) is 3. The molecule has 1 aromatic carbocycles. The van der Waals surface area contributed by atoms with Crippen LogP contribution in [0, 0.1) is 0 Å². The Morgan fingerprint density at radius 2 is 1.86 bits per heavy atom. The van der Waals surface area contributed by atoms with Gasteiger partial charge in [0.05, 0.1) is 6.10 Å². The van der Waals surface area contributed by atoms with E-state index in [2.05, 4.69) is 5.32 Å². The van der Waals surface area contributed by atoms with Crippen molar-refractivity contribution in [3.05, 3.63) is 29.8 Å². The number of nitrogens with one attached hydrogen (secondary N) is 1. The number of nitrogens with zero attached hydrogens (tertiary/aromatic N) is 1. The molecule has 1 aromatic rings. The van der Waals surface area contributed by atoms with Crippen LogP contribution >= 0.6 is 0 Å². The molecule has 0 radical (unpaired) electrons. The number of anilines is 1. The van der Waals surface area contributed by atoms with Crippen LogP contribution in [0.3, 0.4) is 0 Å². The summed E-state index contributed by atoms with van der Waals surface area (Å²) >= 11 is 0. The van der Waals surface area contributed by atoms with Gasteiger partial charge in [-0.25, -0.2) is 0 Å². The molecule has 2 N–H and O–H groups in total. The van der Waals surface area contributed by atoms with E-state index in [0.717, 1.165) is 11.3 Å². The second-order valence-electron chi connectivity index (χ2n) is 3.56. The van der Waals surface area contributed by atoms with Gasteiger partial charge in [-0.05, 0) is 24.7 Å². The van der Waals surface area contributed by atoms with Gasteiger partial charge in [0.25, 0.3) is 0 Å². The number of aliphatic hydroxyl groups excluding tert-OH is 1. The van der Waals surface area contributed by atoms with Gasteiger partial charge in [-0.2, -0.15) is 0 Å². The lowest BCUT2D eigenvalue weighted by Crippen LogP contribution is -2.16. The van der Waals surface area contributed by atoms with Gasteiger partial charge in [0.2, 0.25) is 0 Å². The molecule has 3 heteroatoms. The van der Waals surface area contributed by atoms with Gasteiger partial charge >= 0.3 is 0 Å². The number of hydrogen-bond donors (Lipinski definition) is 2. The zero-order valence-corrected chi connectivity index (χ0v) is 8.99. The van der Waals surface area contributed by atoms with Gasteiger partial charge < -0.3 is 15.3 Å². The third kappa shape index (κ3) is 2.72. The maximum Gasteiger partial charge on any atom is 0.0914 e. The topological polar surface area (TPSA) is 35.5 Å². The van der Waals surface area contributed by atoms with Crippen LogP contribution < -0.4 is 10.2 Å². The Morgan fingerprint density at radius 3 is 2.29 bits per heavy atom. The zero-order chi connectivity index (χ0) is 10.6. The predicted octanol–water partition coefficient (Wildman–Crippen LogP) is 1.01. The molecular weight excluding hydrogens is 176 g/mol. The zero-order valence-electron chi connectivity index (χ0n) is 8.99. The summed E-state index contributed by atoms with van der Waals surface area (Å²) in [7, 11) is 5.83. The third-order valence-corrected chi connectivity index (χ3v) is 2.19. The minimum atomic E-state index is -0.420. The van der Waals surface area contributed by atoms with Crippen molar-refractivity contribution in [2.24, 2.45) is 0 Å². The first-order valence-electron chi connectivity index (χ1n) is 4.75. The number of rotatable bonds is 4. The minimum absolute atomic E-state index is 0.420. The predicted molar refractivity (Wildman–Crippen MR) is 59.7 cm³/mol. The van der Waals surface area contributed by atoms with Gasteiger partial charge in [0.15, 0.2) is 0 Å². The Hall–Kier alpha value is -1.06. The van der Waals surface area contributed by atoms with Crippen LogP contribution in [0.25, 0.3) is 0 Å². The van der Waals surface area contributed by atoms with Crippen molar-refractivity contribution in [2.75, 3.05) is 32.6 Å². The highest BCUT2D eigenvalue weighted by Crippen LogP contribution is 2.17. The van der Waals surface area contributed by atoms with E-state index >= 15 is 0 Å². The maximum atomic E-state index is 9.67. The number of benzene rings is 1. The van der Waals surface area contributed by atoms with Crippen molar-refractivity contribution in [1.29, 1.82) is 0 Å². The van der Waals surface area contributed by atoms with Crippen LogP contribution in [0.2, 0.25) is 0 Å². The average Bonchev–Trinajstić information content (AvgIpc) is 2.18. The first-order valence-corrected chi connectivity index (χ1v) is 4.75. The standard InChI is InChI=1S/C11H18N2O/c1-12-8-11(14)9-4-6-10(7-5-9)13(2)3/h4-7,11-12,14H,8H2,1-3H3. The molecule has 1 rings (SSSR count). The molecule has 0 heterocycles. The van der Waals surface area contributed by atoms with Crippen LogP contribution in [-0.4, -0.2) is 32.8 Å². The Bertz CT molecular complexity index is 269. The molecule has 0 fully saturated rings. The fraction of sp³-hybridized carbons (Fsp3) is 0.455. The Labute approximate surface area is 85.4 Å². The van der Waals surface area contributed by atoms with Crippen LogP contribution in [0.4, 0.5) is 5.69 Å². The molecule has 0 saturated heterocycles. The lowest BCUT2D eigenvalue weighted by atomic mass is 10.1. The van der Waals surface area contributed by atoms with Gasteiger partial charge in [0, 0.05) is 26.3 Å². The van der Waals surface area contributed by atoms with E-state index in [1.165, 1.54) is 0 Å². The summed E-state index contributed by atoms with van der Waals surface area (Å²) in [5, 5.41) is 12.6. The van der Waals surface area contributed by atoms with Crippen molar-refractivity contribution >= 4 is 5.69 Å². The lowest BCUT2D eigenvalue weighted by Gasteiger charge is -2.14. The van der Waals surface area contributed by atoms with E-state index in [1.807, 2.05) is 50.3 Å². The maximum absolute atomic E-state index is 9.67. The molecule has 1 unspecified atom stereocenters. The van der Waals surface area contributed by atoms with E-state index in [4.69, 9.17) is 0 Å². The minimum Gasteiger partial charge on any atom is -0.387 e. The molecule has 0 bridgehead atoms. The Kier molecular flexibility index (Phi) is 3.92. The number of likely N-dealkylation sites (N-methyl/N-ethyl adjacent to an activating group) is 1. The highest BCUT2D eigenvalue weighted by atomic mass is 16.3. The van der Waals surface area contributed by atoms with Crippen molar-refractivity contribution in [2.45, 2.75) is 6.10 Å². The molecule has 0 aliphatic heterocycles. The first kappa shape index (κ1) is 11.0. The van der Waals surface area contributed by atoms with E-state index in [0.29, 0.717) is 6.54 Å². The summed E-state index contributed by atoms with van der Waals surface area (Å²) in [6, 6.07) is 7.93. The van der Waals surface area contributed by atoms with Crippen LogP contribution in [0.5, 0.6) is 0 Å².